The Kier molecular flexibility index (Phi) is 7.16. The van der Waals surface area contributed by atoms with Gasteiger partial charge in [0.05, 0.1) is 6.10 Å². The van der Waals surface area contributed by atoms with E-state index in [-0.39, 0.29) is 17.8 Å². The van der Waals surface area contributed by atoms with E-state index in [0.29, 0.717) is 0 Å². The van der Waals surface area contributed by atoms with Crippen LogP contribution in [0.15, 0.2) is 12.1 Å². The van der Waals surface area contributed by atoms with E-state index in [1.807, 2.05) is 13.8 Å². The van der Waals surface area contributed by atoms with Crippen molar-refractivity contribution in [1.29, 1.82) is 0 Å². The maximum absolute atomic E-state index is 14.4. The molecule has 27 heavy (non-hydrogen) atoms. The molecule has 1 nitrogen and oxygen atoms in total. The molecular weight excluding hydrogens is 342 g/mol. The van der Waals surface area contributed by atoms with E-state index >= 15 is 0 Å². The van der Waals surface area contributed by atoms with Gasteiger partial charge in [0.2, 0.25) is 0 Å². The summed E-state index contributed by atoms with van der Waals surface area (Å²) in [7, 11) is 0. The molecule has 1 aromatic rings. The summed E-state index contributed by atoms with van der Waals surface area (Å²) in [5, 5.41) is 0. The number of ether oxygens (including phenoxy) is 1. The van der Waals surface area contributed by atoms with Gasteiger partial charge in [-0.1, -0.05) is 33.1 Å². The van der Waals surface area contributed by atoms with Gasteiger partial charge in [-0.25, -0.2) is 8.78 Å². The first-order chi connectivity index (χ1) is 13.0. The normalized spacial score (nSPS) is 30.1. The Labute approximate surface area is 163 Å². The van der Waals surface area contributed by atoms with Gasteiger partial charge in [-0.05, 0) is 93.2 Å². The zero-order valence-corrected chi connectivity index (χ0v) is 17.3. The van der Waals surface area contributed by atoms with Crippen LogP contribution in [0.2, 0.25) is 0 Å². The maximum Gasteiger partial charge on any atom is 0.191 e. The average Bonchev–Trinajstić information content (AvgIpc) is 2.70. The third kappa shape index (κ3) is 5.03. The molecule has 0 heterocycles. The predicted octanol–water partition coefficient (Wildman–Crippen LogP) is 7.63. The lowest BCUT2D eigenvalue weighted by molar-refractivity contribution is 0.158. The average molecular weight is 379 g/mol. The summed E-state index contributed by atoms with van der Waals surface area (Å²) in [6.45, 7) is 6.09. The van der Waals surface area contributed by atoms with Crippen molar-refractivity contribution in [2.75, 3.05) is 0 Å². The van der Waals surface area contributed by atoms with Crippen LogP contribution in [-0.4, -0.2) is 6.10 Å². The van der Waals surface area contributed by atoms with Crippen LogP contribution in [0.3, 0.4) is 0 Å². The Morgan fingerprint density at radius 2 is 1.41 bits per heavy atom. The lowest BCUT2D eigenvalue weighted by Gasteiger charge is -2.38. The molecule has 0 aliphatic heterocycles. The molecule has 0 radical (unpaired) electrons. The highest BCUT2D eigenvalue weighted by atomic mass is 19.1. The van der Waals surface area contributed by atoms with Gasteiger partial charge in [-0.2, -0.15) is 0 Å². The molecule has 152 valence electrons. The molecule has 0 saturated heterocycles. The lowest BCUT2D eigenvalue weighted by Crippen LogP contribution is -2.25. The van der Waals surface area contributed by atoms with Crippen molar-refractivity contribution in [1.82, 2.24) is 0 Å². The van der Waals surface area contributed by atoms with E-state index in [1.165, 1.54) is 57.1 Å². The largest absolute Gasteiger partial charge is 0.485 e. The van der Waals surface area contributed by atoms with Crippen LogP contribution >= 0.6 is 0 Å². The van der Waals surface area contributed by atoms with Crippen LogP contribution in [0.25, 0.3) is 0 Å². The van der Waals surface area contributed by atoms with Crippen molar-refractivity contribution in [3.63, 3.8) is 0 Å². The van der Waals surface area contributed by atoms with Gasteiger partial charge in [0, 0.05) is 0 Å². The van der Waals surface area contributed by atoms with E-state index < -0.39 is 11.6 Å². The van der Waals surface area contributed by atoms with Gasteiger partial charge in [-0.15, -0.1) is 0 Å². The van der Waals surface area contributed by atoms with Gasteiger partial charge in [-0.3, -0.25) is 0 Å². The van der Waals surface area contributed by atoms with E-state index in [2.05, 4.69) is 6.92 Å². The minimum atomic E-state index is -0.551. The molecule has 1 aromatic carbocycles. The molecular formula is C24H36F2O. The minimum Gasteiger partial charge on any atom is -0.485 e. The summed E-state index contributed by atoms with van der Waals surface area (Å²) in [4.78, 5) is 0. The summed E-state index contributed by atoms with van der Waals surface area (Å²) in [6, 6.07) is 3.02. The topological polar surface area (TPSA) is 9.23 Å². The van der Waals surface area contributed by atoms with Crippen LogP contribution < -0.4 is 4.74 Å². The second-order valence-corrected chi connectivity index (χ2v) is 8.95. The monoisotopic (exact) mass is 378 g/mol. The first-order valence-corrected chi connectivity index (χ1v) is 11.2. The third-order valence-corrected chi connectivity index (χ3v) is 7.29. The van der Waals surface area contributed by atoms with E-state index in [0.717, 1.165) is 42.6 Å². The van der Waals surface area contributed by atoms with Crippen LogP contribution in [-0.2, 0) is 0 Å². The van der Waals surface area contributed by atoms with Gasteiger partial charge in [0.25, 0.3) is 0 Å². The Bertz CT molecular complexity index is 575. The van der Waals surface area contributed by atoms with Crippen molar-refractivity contribution >= 4 is 0 Å². The van der Waals surface area contributed by atoms with Gasteiger partial charge >= 0.3 is 0 Å². The molecule has 2 saturated carbocycles. The maximum atomic E-state index is 14.4. The number of benzene rings is 1. The lowest BCUT2D eigenvalue weighted by atomic mass is 9.68. The van der Waals surface area contributed by atoms with Crippen molar-refractivity contribution in [2.24, 2.45) is 17.8 Å². The van der Waals surface area contributed by atoms with Gasteiger partial charge < -0.3 is 4.74 Å². The van der Waals surface area contributed by atoms with E-state index in [4.69, 9.17) is 4.74 Å². The van der Waals surface area contributed by atoms with E-state index in [9.17, 15) is 8.78 Å². The van der Waals surface area contributed by atoms with Crippen LogP contribution in [0.4, 0.5) is 8.78 Å². The quantitative estimate of drug-likeness (QED) is 0.494. The van der Waals surface area contributed by atoms with Gasteiger partial charge in [0.15, 0.2) is 17.4 Å². The zero-order valence-electron chi connectivity index (χ0n) is 17.3. The SMILES string of the molecule is CCC1CCC(C2CCC(c3cc(F)c(OC(C)CC)c(F)c3)CC2)CC1. The van der Waals surface area contributed by atoms with E-state index in [1.54, 1.807) is 0 Å². The van der Waals surface area contributed by atoms with Crippen LogP contribution in [0.1, 0.15) is 96.5 Å². The van der Waals surface area contributed by atoms with Crippen LogP contribution in [0.5, 0.6) is 5.75 Å². The van der Waals surface area contributed by atoms with Crippen LogP contribution in [0, 0.1) is 29.4 Å². The van der Waals surface area contributed by atoms with Gasteiger partial charge in [0.1, 0.15) is 0 Å². The molecule has 3 heteroatoms. The summed E-state index contributed by atoms with van der Waals surface area (Å²) in [6.07, 6.45) is 12.0. The smallest absolute Gasteiger partial charge is 0.191 e. The molecule has 2 fully saturated rings. The molecule has 0 aromatic heterocycles. The Morgan fingerprint density at radius 1 is 0.889 bits per heavy atom. The van der Waals surface area contributed by atoms with Crippen molar-refractivity contribution in [3.05, 3.63) is 29.3 Å². The number of hydrogen-bond donors (Lipinski definition) is 0. The summed E-state index contributed by atoms with van der Waals surface area (Å²) in [5.41, 5.74) is 0.814. The standard InChI is InChI=1S/C24H36F2O/c1-4-16(3)27-24-22(25)14-21(15-23(24)26)20-12-10-19(11-13-20)18-8-6-17(5-2)7-9-18/h14-20H,4-13H2,1-3H3. The molecule has 1 unspecified atom stereocenters. The molecule has 3 rings (SSSR count). The first-order valence-electron chi connectivity index (χ1n) is 11.2. The molecule has 0 bridgehead atoms. The summed E-state index contributed by atoms with van der Waals surface area (Å²) in [5.74, 6) is 1.62. The molecule has 2 aliphatic carbocycles. The van der Waals surface area contributed by atoms with Crippen molar-refractivity contribution in [2.45, 2.75) is 97.0 Å². The fraction of sp³-hybridized carbons (Fsp3) is 0.750. The molecule has 0 amide bonds. The minimum absolute atomic E-state index is 0.182. The molecule has 1 atom stereocenters. The second kappa shape index (κ2) is 9.39. The summed E-state index contributed by atoms with van der Waals surface area (Å²) >= 11 is 0. The number of halogens is 2. The predicted molar refractivity (Wildman–Crippen MR) is 107 cm³/mol. The highest BCUT2D eigenvalue weighted by Crippen LogP contribution is 2.44. The fourth-order valence-corrected chi connectivity index (χ4v) is 5.20. The highest BCUT2D eigenvalue weighted by molar-refractivity contribution is 5.33. The van der Waals surface area contributed by atoms with Crippen molar-refractivity contribution in [3.8, 4) is 5.75 Å². The Morgan fingerprint density at radius 3 is 1.89 bits per heavy atom. The second-order valence-electron chi connectivity index (χ2n) is 8.95. The first kappa shape index (κ1) is 20.6. The zero-order chi connectivity index (χ0) is 19.4. The number of rotatable bonds is 6. The molecule has 0 N–H and O–H groups in total. The van der Waals surface area contributed by atoms with Crippen molar-refractivity contribution < 1.29 is 13.5 Å². The fourth-order valence-electron chi connectivity index (χ4n) is 5.20. The highest BCUT2D eigenvalue weighted by Gasteiger charge is 2.31. The Hall–Kier alpha value is -1.12. The Balaban J connectivity index is 1.58. The molecule has 2 aliphatic rings. The molecule has 0 spiro atoms. The number of hydrogen-bond acceptors (Lipinski definition) is 1. The summed E-state index contributed by atoms with van der Waals surface area (Å²) < 4.78 is 34.3. The third-order valence-electron chi connectivity index (χ3n) is 7.29.